The van der Waals surface area contributed by atoms with Gasteiger partial charge in [0.2, 0.25) is 0 Å². The second-order valence-corrected chi connectivity index (χ2v) is 4.63. The first-order chi connectivity index (χ1) is 6.24. The molecule has 14 heavy (non-hydrogen) atoms. The van der Waals surface area contributed by atoms with Gasteiger partial charge >= 0.3 is 0 Å². The van der Waals surface area contributed by atoms with Crippen molar-refractivity contribution in [3.05, 3.63) is 29.8 Å². The topological polar surface area (TPSA) is 0 Å². The molecule has 0 saturated carbocycles. The van der Waals surface area contributed by atoms with E-state index in [1.807, 2.05) is 11.8 Å². The van der Waals surface area contributed by atoms with Crippen molar-refractivity contribution in [3.63, 3.8) is 0 Å². The Hall–Kier alpha value is -0.0800. The molecule has 0 aliphatic heterocycles. The molecule has 0 fully saturated rings. The number of benzene rings is 1. The van der Waals surface area contributed by atoms with Crippen molar-refractivity contribution in [1.29, 1.82) is 0 Å². The first-order valence-electron chi connectivity index (χ1n) is 4.34. The van der Waals surface area contributed by atoms with Gasteiger partial charge in [0.25, 0.3) is 0 Å². The third kappa shape index (κ3) is 8.52. The molecule has 0 atom stereocenters. The number of thioether (sulfide) groups is 2. The Labute approximate surface area is 97.9 Å². The normalized spacial score (nSPS) is 8.29. The number of rotatable bonds is 2. The van der Waals surface area contributed by atoms with Gasteiger partial charge in [0.05, 0.1) is 0 Å². The van der Waals surface area contributed by atoms with E-state index in [0.29, 0.717) is 0 Å². The Morgan fingerprint density at radius 3 is 1.79 bits per heavy atom. The number of aryl methyl sites for hydroxylation is 1. The van der Waals surface area contributed by atoms with Crippen molar-refractivity contribution >= 4 is 23.5 Å². The van der Waals surface area contributed by atoms with Crippen molar-refractivity contribution in [1.82, 2.24) is 0 Å². The van der Waals surface area contributed by atoms with Crippen LogP contribution in [0.2, 0.25) is 0 Å². The summed E-state index contributed by atoms with van der Waals surface area (Å²) in [6.07, 6.45) is 4.19. The van der Waals surface area contributed by atoms with Gasteiger partial charge in [-0.25, -0.2) is 0 Å². The molecule has 0 heterocycles. The van der Waals surface area contributed by atoms with Gasteiger partial charge in [-0.1, -0.05) is 32.0 Å². The van der Waals surface area contributed by atoms with Crippen LogP contribution < -0.4 is 0 Å². The molecule has 0 nitrogen and oxygen atoms in total. The van der Waals surface area contributed by atoms with Crippen LogP contribution in [0.15, 0.2) is 29.2 Å². The van der Waals surface area contributed by atoms with Crippen LogP contribution in [0, 0.1) is 6.92 Å². The standard InChI is InChI=1S/C8H10S.C3H8S.CH4/c1-7-3-5-8(9-2)6-4-7;1-3-4-2;/h3-6H,1-2H3;3H2,1-2H3;1H4. The Morgan fingerprint density at radius 2 is 1.50 bits per heavy atom. The maximum atomic E-state index is 2.14. The first-order valence-corrected chi connectivity index (χ1v) is 6.96. The summed E-state index contributed by atoms with van der Waals surface area (Å²) >= 11 is 3.63. The number of hydrogen-bond acceptors (Lipinski definition) is 2. The lowest BCUT2D eigenvalue weighted by Gasteiger charge is -1.93. The predicted octanol–water partition coefficient (Wildman–Crippen LogP) is 4.72. The van der Waals surface area contributed by atoms with Crippen LogP contribution in [0.1, 0.15) is 19.9 Å². The molecule has 2 heteroatoms. The van der Waals surface area contributed by atoms with Crippen molar-refractivity contribution < 1.29 is 0 Å². The lowest BCUT2D eigenvalue weighted by Crippen LogP contribution is -1.70. The van der Waals surface area contributed by atoms with Crippen molar-refractivity contribution in [2.45, 2.75) is 26.2 Å². The fourth-order valence-electron chi connectivity index (χ4n) is 0.674. The van der Waals surface area contributed by atoms with Crippen LogP contribution in [0.25, 0.3) is 0 Å². The lowest BCUT2D eigenvalue weighted by atomic mass is 10.2. The highest BCUT2D eigenvalue weighted by molar-refractivity contribution is 7.98. The van der Waals surface area contributed by atoms with Gasteiger partial charge in [0.15, 0.2) is 0 Å². The minimum Gasteiger partial charge on any atom is -0.166 e. The van der Waals surface area contributed by atoms with Crippen LogP contribution >= 0.6 is 23.5 Å². The summed E-state index contributed by atoms with van der Waals surface area (Å²) in [5.41, 5.74) is 1.33. The number of hydrogen-bond donors (Lipinski definition) is 0. The highest BCUT2D eigenvalue weighted by Gasteiger charge is 1.85. The van der Waals surface area contributed by atoms with E-state index in [-0.39, 0.29) is 7.43 Å². The molecule has 1 aromatic rings. The zero-order chi connectivity index (χ0) is 10.1. The Kier molecular flexibility index (Phi) is 12.8. The van der Waals surface area contributed by atoms with E-state index in [1.165, 1.54) is 16.2 Å². The van der Waals surface area contributed by atoms with Gasteiger partial charge in [-0.3, -0.25) is 0 Å². The van der Waals surface area contributed by atoms with Gasteiger partial charge in [-0.05, 0) is 37.3 Å². The molecule has 0 radical (unpaired) electrons. The molecule has 0 aliphatic rings. The zero-order valence-corrected chi connectivity index (χ0v) is 10.5. The highest BCUT2D eigenvalue weighted by atomic mass is 32.2. The minimum absolute atomic E-state index is 0. The second-order valence-electron chi connectivity index (χ2n) is 2.59. The summed E-state index contributed by atoms with van der Waals surface area (Å²) in [4.78, 5) is 1.33. The van der Waals surface area contributed by atoms with Crippen molar-refractivity contribution in [2.75, 3.05) is 18.3 Å². The second kappa shape index (κ2) is 11.0. The fourth-order valence-corrected chi connectivity index (χ4v) is 1.08. The Morgan fingerprint density at radius 1 is 1.07 bits per heavy atom. The Bertz CT molecular complexity index is 202. The van der Waals surface area contributed by atoms with Crippen LogP contribution in [-0.2, 0) is 0 Å². The fraction of sp³-hybridized carbons (Fsp3) is 0.500. The van der Waals surface area contributed by atoms with E-state index in [9.17, 15) is 0 Å². The van der Waals surface area contributed by atoms with E-state index in [2.05, 4.69) is 50.6 Å². The average molecular weight is 230 g/mol. The summed E-state index contributed by atoms with van der Waals surface area (Å²) in [7, 11) is 0. The molecule has 0 spiro atoms. The zero-order valence-electron chi connectivity index (χ0n) is 8.83. The predicted molar refractivity (Wildman–Crippen MR) is 73.7 cm³/mol. The third-order valence-corrected chi connectivity index (χ3v) is 2.87. The van der Waals surface area contributed by atoms with Crippen LogP contribution in [0.3, 0.4) is 0 Å². The van der Waals surface area contributed by atoms with Crippen LogP contribution in [0.4, 0.5) is 0 Å². The van der Waals surface area contributed by atoms with Crippen molar-refractivity contribution in [2.24, 2.45) is 0 Å². The van der Waals surface area contributed by atoms with E-state index in [1.54, 1.807) is 11.8 Å². The lowest BCUT2D eigenvalue weighted by molar-refractivity contribution is 1.38. The molecule has 0 saturated heterocycles. The maximum Gasteiger partial charge on any atom is 0.00693 e. The molecule has 1 rings (SSSR count). The molecular formula is C12H22S2. The summed E-state index contributed by atoms with van der Waals surface area (Å²) in [5.74, 6) is 1.24. The molecule has 0 aliphatic carbocycles. The smallest absolute Gasteiger partial charge is 0.00693 e. The largest absolute Gasteiger partial charge is 0.166 e. The van der Waals surface area contributed by atoms with Gasteiger partial charge in [-0.15, -0.1) is 11.8 Å². The van der Waals surface area contributed by atoms with E-state index in [4.69, 9.17) is 0 Å². The van der Waals surface area contributed by atoms with Gasteiger partial charge in [-0.2, -0.15) is 11.8 Å². The molecular weight excluding hydrogens is 208 g/mol. The quantitative estimate of drug-likeness (QED) is 0.674. The van der Waals surface area contributed by atoms with Crippen LogP contribution in [0.5, 0.6) is 0 Å². The molecule has 0 N–H and O–H groups in total. The maximum absolute atomic E-state index is 2.14. The molecule has 0 unspecified atom stereocenters. The SMILES string of the molecule is C.CCSC.CSc1ccc(C)cc1. The summed E-state index contributed by atoms with van der Waals surface area (Å²) in [6, 6.07) is 8.54. The highest BCUT2D eigenvalue weighted by Crippen LogP contribution is 2.13. The van der Waals surface area contributed by atoms with Gasteiger partial charge in [0.1, 0.15) is 0 Å². The van der Waals surface area contributed by atoms with E-state index >= 15 is 0 Å². The van der Waals surface area contributed by atoms with E-state index in [0.717, 1.165) is 0 Å². The van der Waals surface area contributed by atoms with Gasteiger partial charge in [0, 0.05) is 4.90 Å². The molecule has 0 aromatic heterocycles. The monoisotopic (exact) mass is 230 g/mol. The summed E-state index contributed by atoms with van der Waals surface area (Å²) in [6.45, 7) is 4.24. The molecule has 0 bridgehead atoms. The van der Waals surface area contributed by atoms with Crippen LogP contribution in [-0.4, -0.2) is 18.3 Å². The molecule has 82 valence electrons. The first kappa shape index (κ1) is 16.4. The average Bonchev–Trinajstić information content (AvgIpc) is 2.19. The summed E-state index contributed by atoms with van der Waals surface area (Å²) < 4.78 is 0. The Balaban J connectivity index is 0. The summed E-state index contributed by atoms with van der Waals surface area (Å²) in [5, 5.41) is 0. The van der Waals surface area contributed by atoms with Crippen molar-refractivity contribution in [3.8, 4) is 0 Å². The van der Waals surface area contributed by atoms with Gasteiger partial charge < -0.3 is 0 Å². The third-order valence-electron chi connectivity index (χ3n) is 1.55. The van der Waals surface area contributed by atoms with E-state index < -0.39 is 0 Å². The molecule has 1 aromatic carbocycles. The minimum atomic E-state index is 0. The molecule has 0 amide bonds.